The van der Waals surface area contributed by atoms with Gasteiger partial charge in [-0.15, -0.1) is 0 Å². The molecule has 7 nitrogen and oxygen atoms in total. The normalized spacial score (nSPS) is 18.6. The van der Waals surface area contributed by atoms with Gasteiger partial charge in [0.2, 0.25) is 0 Å². The van der Waals surface area contributed by atoms with Crippen LogP contribution in [-0.2, 0) is 19.1 Å². The minimum atomic E-state index is -0.982. The second-order valence-electron chi connectivity index (χ2n) is 5.96. The van der Waals surface area contributed by atoms with Gasteiger partial charge in [-0.1, -0.05) is 42.5 Å². The van der Waals surface area contributed by atoms with Crippen LogP contribution in [0.1, 0.15) is 17.2 Å². The Morgan fingerprint density at radius 2 is 1.70 bits per heavy atom. The summed E-state index contributed by atoms with van der Waals surface area (Å²) in [4.78, 5) is 38.0. The van der Waals surface area contributed by atoms with Crippen LogP contribution < -0.4 is 0 Å². The number of likely N-dealkylation sites (tertiary alicyclic amines) is 1. The molecule has 2 N–H and O–H groups in total. The number of amides is 1. The summed E-state index contributed by atoms with van der Waals surface area (Å²) < 4.78 is 4.62. The molecule has 27 heavy (non-hydrogen) atoms. The Morgan fingerprint density at radius 3 is 2.30 bits per heavy atom. The molecule has 0 saturated carbocycles. The smallest absolute Gasteiger partial charge is 0.325 e. The molecular formula is C20H17NO6. The highest BCUT2D eigenvalue weighted by molar-refractivity contribution is 6.46. The predicted octanol–water partition coefficient (Wildman–Crippen LogP) is 1.99. The Morgan fingerprint density at radius 1 is 1.07 bits per heavy atom. The average Bonchev–Trinajstić information content (AvgIpc) is 2.93. The number of ether oxygens (including phenoxy) is 1. The number of phenolic OH excluding ortho intramolecular Hbond substituents is 1. The van der Waals surface area contributed by atoms with Crippen LogP contribution in [0.2, 0.25) is 0 Å². The van der Waals surface area contributed by atoms with Gasteiger partial charge in [-0.05, 0) is 17.7 Å². The monoisotopic (exact) mass is 367 g/mol. The summed E-state index contributed by atoms with van der Waals surface area (Å²) in [5.41, 5.74) is 0.714. The molecule has 1 saturated heterocycles. The maximum absolute atomic E-state index is 12.6. The molecule has 3 rings (SSSR count). The molecule has 0 spiro atoms. The maximum Gasteiger partial charge on any atom is 0.325 e. The summed E-state index contributed by atoms with van der Waals surface area (Å²) in [5.74, 6) is -2.82. The topological polar surface area (TPSA) is 104 Å². The predicted molar refractivity (Wildman–Crippen MR) is 95.6 cm³/mol. The van der Waals surface area contributed by atoms with E-state index in [1.807, 2.05) is 0 Å². The number of methoxy groups -OCH3 is 1. The van der Waals surface area contributed by atoms with Gasteiger partial charge in [0.25, 0.3) is 11.7 Å². The van der Waals surface area contributed by atoms with Crippen LogP contribution in [0.3, 0.4) is 0 Å². The van der Waals surface area contributed by atoms with Crippen LogP contribution in [0.25, 0.3) is 5.76 Å². The van der Waals surface area contributed by atoms with E-state index in [1.54, 1.807) is 30.3 Å². The van der Waals surface area contributed by atoms with Crippen molar-refractivity contribution < 1.29 is 29.3 Å². The highest BCUT2D eigenvalue weighted by atomic mass is 16.5. The molecular weight excluding hydrogens is 350 g/mol. The zero-order valence-corrected chi connectivity index (χ0v) is 14.5. The van der Waals surface area contributed by atoms with Gasteiger partial charge in [0.1, 0.15) is 18.1 Å². The van der Waals surface area contributed by atoms with Gasteiger partial charge in [-0.3, -0.25) is 14.4 Å². The zero-order chi connectivity index (χ0) is 19.6. The Bertz CT molecular complexity index is 917. The summed E-state index contributed by atoms with van der Waals surface area (Å²) >= 11 is 0. The fourth-order valence-corrected chi connectivity index (χ4v) is 3.00. The number of carbonyl (C=O) groups excluding carboxylic acids is 3. The van der Waals surface area contributed by atoms with Crippen molar-refractivity contribution in [1.29, 1.82) is 0 Å². The molecule has 138 valence electrons. The van der Waals surface area contributed by atoms with Crippen molar-refractivity contribution in [3.63, 3.8) is 0 Å². The van der Waals surface area contributed by atoms with E-state index in [9.17, 15) is 24.6 Å². The SMILES string of the molecule is COC(=O)CN1C(=O)C(=O)/C(=C(/O)c2ccccc2)C1c1ccc(O)cc1. The van der Waals surface area contributed by atoms with E-state index in [0.29, 0.717) is 11.1 Å². The number of hydrogen-bond donors (Lipinski definition) is 2. The fourth-order valence-electron chi connectivity index (χ4n) is 3.00. The summed E-state index contributed by atoms with van der Waals surface area (Å²) in [7, 11) is 1.18. The molecule has 7 heteroatoms. The van der Waals surface area contributed by atoms with Gasteiger partial charge in [0, 0.05) is 5.56 Å². The maximum atomic E-state index is 12.6. The largest absolute Gasteiger partial charge is 0.508 e. The number of ketones is 1. The number of aromatic hydroxyl groups is 1. The van der Waals surface area contributed by atoms with Crippen LogP contribution in [0.15, 0.2) is 60.2 Å². The van der Waals surface area contributed by atoms with Crippen LogP contribution in [0.4, 0.5) is 0 Å². The highest BCUT2D eigenvalue weighted by Crippen LogP contribution is 2.39. The van der Waals surface area contributed by atoms with Crippen LogP contribution in [-0.4, -0.2) is 46.4 Å². The molecule has 0 aromatic heterocycles. The molecule has 1 aliphatic heterocycles. The minimum absolute atomic E-state index is 0.00623. The number of rotatable bonds is 4. The quantitative estimate of drug-likeness (QED) is 0.371. The van der Waals surface area contributed by atoms with Crippen molar-refractivity contribution >= 4 is 23.4 Å². The Balaban J connectivity index is 2.17. The molecule has 1 heterocycles. The Labute approximate surface area is 155 Å². The van der Waals surface area contributed by atoms with Crippen molar-refractivity contribution in [2.45, 2.75) is 6.04 Å². The van der Waals surface area contributed by atoms with E-state index in [2.05, 4.69) is 4.74 Å². The first kappa shape index (κ1) is 18.2. The lowest BCUT2D eigenvalue weighted by molar-refractivity contribution is -0.148. The Kier molecular flexibility index (Phi) is 4.94. The lowest BCUT2D eigenvalue weighted by Crippen LogP contribution is -2.35. The minimum Gasteiger partial charge on any atom is -0.508 e. The number of aliphatic hydroxyl groups is 1. The average molecular weight is 367 g/mol. The molecule has 0 bridgehead atoms. The second-order valence-corrected chi connectivity index (χ2v) is 5.96. The van der Waals surface area contributed by atoms with Crippen molar-refractivity contribution in [1.82, 2.24) is 4.90 Å². The molecule has 1 amide bonds. The lowest BCUT2D eigenvalue weighted by Gasteiger charge is -2.24. The van der Waals surface area contributed by atoms with Crippen LogP contribution in [0.5, 0.6) is 5.75 Å². The highest BCUT2D eigenvalue weighted by Gasteiger charge is 2.46. The van der Waals surface area contributed by atoms with E-state index in [0.717, 1.165) is 4.90 Å². The molecule has 0 radical (unpaired) electrons. The fraction of sp³-hybridized carbons (Fsp3) is 0.150. The van der Waals surface area contributed by atoms with E-state index >= 15 is 0 Å². The molecule has 1 unspecified atom stereocenters. The first-order chi connectivity index (χ1) is 12.9. The molecule has 1 fully saturated rings. The van der Waals surface area contributed by atoms with Gasteiger partial charge in [-0.2, -0.15) is 0 Å². The molecule has 2 aromatic carbocycles. The number of Topliss-reactive ketones (excluding diaryl/α,β-unsaturated/α-hetero) is 1. The first-order valence-electron chi connectivity index (χ1n) is 8.13. The van der Waals surface area contributed by atoms with Gasteiger partial charge in [-0.25, -0.2) is 0 Å². The van der Waals surface area contributed by atoms with Gasteiger partial charge in [0.05, 0.1) is 18.7 Å². The van der Waals surface area contributed by atoms with E-state index in [-0.39, 0.29) is 17.1 Å². The third kappa shape index (κ3) is 3.39. The molecule has 1 aliphatic rings. The van der Waals surface area contributed by atoms with Crippen molar-refractivity contribution in [3.8, 4) is 5.75 Å². The van der Waals surface area contributed by atoms with E-state index in [1.165, 1.54) is 31.4 Å². The third-order valence-corrected chi connectivity index (χ3v) is 4.32. The van der Waals surface area contributed by atoms with Crippen LogP contribution >= 0.6 is 0 Å². The number of carbonyl (C=O) groups is 3. The first-order valence-corrected chi connectivity index (χ1v) is 8.13. The number of hydrogen-bond acceptors (Lipinski definition) is 6. The lowest BCUT2D eigenvalue weighted by atomic mass is 9.95. The standard InChI is InChI=1S/C20H17NO6/c1-27-15(23)11-21-17(12-7-9-14(22)10-8-12)16(19(25)20(21)26)18(24)13-5-3-2-4-6-13/h2-10,17,22,24H,11H2,1H3/b18-16+. The molecule has 0 aliphatic carbocycles. The summed E-state index contributed by atoms with van der Waals surface area (Å²) in [6.07, 6.45) is 0. The van der Waals surface area contributed by atoms with Crippen molar-refractivity contribution in [2.75, 3.05) is 13.7 Å². The van der Waals surface area contributed by atoms with Crippen LogP contribution in [0, 0.1) is 0 Å². The van der Waals surface area contributed by atoms with Gasteiger partial charge in [0.15, 0.2) is 0 Å². The number of aliphatic hydroxyl groups excluding tert-OH is 1. The van der Waals surface area contributed by atoms with Crippen molar-refractivity contribution in [3.05, 3.63) is 71.3 Å². The molecule has 2 aromatic rings. The van der Waals surface area contributed by atoms with E-state index in [4.69, 9.17) is 0 Å². The third-order valence-electron chi connectivity index (χ3n) is 4.32. The zero-order valence-electron chi connectivity index (χ0n) is 14.5. The number of phenols is 1. The summed E-state index contributed by atoms with van der Waals surface area (Å²) in [6, 6.07) is 13.2. The Hall–Kier alpha value is -3.61. The number of benzene rings is 2. The van der Waals surface area contributed by atoms with Gasteiger partial charge < -0.3 is 19.8 Å². The second kappa shape index (κ2) is 7.33. The van der Waals surface area contributed by atoms with Gasteiger partial charge >= 0.3 is 5.97 Å². The summed E-state index contributed by atoms with van der Waals surface area (Å²) in [6.45, 7) is -0.446. The number of nitrogens with zero attached hydrogens (tertiary/aromatic N) is 1. The summed E-state index contributed by atoms with van der Waals surface area (Å²) in [5, 5.41) is 20.2. The van der Waals surface area contributed by atoms with Crippen molar-refractivity contribution in [2.24, 2.45) is 0 Å². The number of esters is 1. The van der Waals surface area contributed by atoms with E-state index < -0.39 is 30.2 Å². The molecule has 1 atom stereocenters.